The van der Waals surface area contributed by atoms with Gasteiger partial charge in [-0.2, -0.15) is 0 Å². The van der Waals surface area contributed by atoms with Crippen molar-refractivity contribution in [1.82, 2.24) is 9.80 Å². The van der Waals surface area contributed by atoms with Crippen LogP contribution in [0, 0.1) is 0 Å². The Morgan fingerprint density at radius 1 is 0.683 bits per heavy atom. The average Bonchev–Trinajstić information content (AvgIpc) is 3.50. The third kappa shape index (κ3) is 3.06. The summed E-state index contributed by atoms with van der Waals surface area (Å²) in [6, 6.07) is 33.9. The molecule has 3 aliphatic rings. The Hall–Kier alpha value is -4.67. The van der Waals surface area contributed by atoms with E-state index in [9.17, 15) is 9.90 Å². The number of benzene rings is 5. The molecule has 1 amide bonds. The molecule has 0 saturated carbocycles. The van der Waals surface area contributed by atoms with Crippen molar-refractivity contribution in [2.45, 2.75) is 25.5 Å². The fourth-order valence-corrected chi connectivity index (χ4v) is 7.43. The first-order chi connectivity index (χ1) is 19.8. The van der Waals surface area contributed by atoms with Gasteiger partial charge in [-0.05, 0) is 61.5 Å². The highest BCUT2D eigenvalue weighted by molar-refractivity contribution is 6.20. The Bertz CT molecular complexity index is 2050. The molecule has 5 aromatic carbocycles. The van der Waals surface area contributed by atoms with Gasteiger partial charge in [-0.3, -0.25) is 4.79 Å². The number of hydrogen-bond donors (Lipinski definition) is 1. The van der Waals surface area contributed by atoms with E-state index in [2.05, 4.69) is 98.8 Å². The number of rotatable bonds is 2. The molecule has 4 nitrogen and oxygen atoms in total. The molecule has 2 aliphatic heterocycles. The standard InChI is InChI=1S/C37H30N2O2/c1-37(2)29-16-10-9-15-26(29)27-18-17-22(20-30(27)37)33-31-32(36(41)38(33)3)34(39(4)35(31)40)28-19-21-11-5-6-12-23(21)24-13-7-8-14-25(24)28/h5-20,36,41H,1-4H3. The van der Waals surface area contributed by atoms with Crippen LogP contribution in [0.4, 0.5) is 0 Å². The van der Waals surface area contributed by atoms with Crippen LogP contribution in [-0.4, -0.2) is 41.1 Å². The third-order valence-corrected chi connectivity index (χ3v) is 9.47. The number of aliphatic hydroxyl groups excluding tert-OH is 1. The van der Waals surface area contributed by atoms with Crippen LogP contribution >= 0.6 is 0 Å². The normalized spacial score (nSPS) is 19.0. The van der Waals surface area contributed by atoms with Crippen LogP contribution in [-0.2, 0) is 10.2 Å². The molecule has 1 aliphatic carbocycles. The highest BCUT2D eigenvalue weighted by atomic mass is 16.3. The Balaban J connectivity index is 1.38. The second-order valence-electron chi connectivity index (χ2n) is 12.0. The summed E-state index contributed by atoms with van der Waals surface area (Å²) in [5, 5.41) is 16.2. The van der Waals surface area contributed by atoms with Gasteiger partial charge in [-0.1, -0.05) is 98.8 Å². The van der Waals surface area contributed by atoms with E-state index in [1.165, 1.54) is 27.6 Å². The summed E-state index contributed by atoms with van der Waals surface area (Å²) >= 11 is 0. The van der Waals surface area contributed by atoms with Gasteiger partial charge in [0.2, 0.25) is 0 Å². The van der Waals surface area contributed by atoms with E-state index in [0.717, 1.165) is 38.7 Å². The van der Waals surface area contributed by atoms with E-state index in [1.54, 1.807) is 4.90 Å². The van der Waals surface area contributed by atoms with Crippen molar-refractivity contribution in [1.29, 1.82) is 0 Å². The Morgan fingerprint density at radius 2 is 1.34 bits per heavy atom. The number of likely N-dealkylation sites (N-methyl/N-ethyl adjacent to an activating group) is 2. The van der Waals surface area contributed by atoms with Crippen molar-refractivity contribution in [2.24, 2.45) is 0 Å². The third-order valence-electron chi connectivity index (χ3n) is 9.47. The monoisotopic (exact) mass is 534 g/mol. The van der Waals surface area contributed by atoms with Crippen LogP contribution in [0.2, 0.25) is 0 Å². The Kier molecular flexibility index (Phi) is 4.82. The number of nitrogens with zero attached hydrogens (tertiary/aromatic N) is 2. The van der Waals surface area contributed by atoms with Gasteiger partial charge in [0, 0.05) is 30.6 Å². The molecular weight excluding hydrogens is 504 g/mol. The first-order valence-electron chi connectivity index (χ1n) is 14.1. The van der Waals surface area contributed by atoms with Crippen molar-refractivity contribution in [3.8, 4) is 11.1 Å². The summed E-state index contributed by atoms with van der Waals surface area (Å²) in [5.41, 5.74) is 9.61. The van der Waals surface area contributed by atoms with Crippen LogP contribution in [0.15, 0.2) is 108 Å². The lowest BCUT2D eigenvalue weighted by Crippen LogP contribution is -2.28. The van der Waals surface area contributed by atoms with Crippen LogP contribution < -0.4 is 0 Å². The molecule has 8 rings (SSSR count). The first-order valence-corrected chi connectivity index (χ1v) is 14.1. The highest BCUT2D eigenvalue weighted by Gasteiger charge is 2.47. The van der Waals surface area contributed by atoms with Crippen molar-refractivity contribution < 1.29 is 9.90 Å². The van der Waals surface area contributed by atoms with E-state index in [4.69, 9.17) is 0 Å². The summed E-state index contributed by atoms with van der Waals surface area (Å²) in [4.78, 5) is 17.7. The Labute approximate surface area is 239 Å². The average molecular weight is 535 g/mol. The summed E-state index contributed by atoms with van der Waals surface area (Å²) < 4.78 is 0. The molecule has 0 bridgehead atoms. The maximum absolute atomic E-state index is 14.1. The number of amides is 1. The number of hydrogen-bond acceptors (Lipinski definition) is 3. The molecule has 1 atom stereocenters. The highest BCUT2D eigenvalue weighted by Crippen LogP contribution is 2.52. The molecule has 4 heteroatoms. The molecule has 5 aromatic rings. The van der Waals surface area contributed by atoms with Gasteiger partial charge in [0.25, 0.3) is 5.91 Å². The molecule has 2 heterocycles. The molecule has 200 valence electrons. The lowest BCUT2D eigenvalue weighted by Gasteiger charge is -2.26. The van der Waals surface area contributed by atoms with Crippen LogP contribution in [0.3, 0.4) is 0 Å². The fourth-order valence-electron chi connectivity index (χ4n) is 7.43. The molecule has 0 aromatic heterocycles. The minimum atomic E-state index is -0.937. The SMILES string of the molecule is CN1C(=O)C2=C(c3ccc4c(c3)C(C)(C)c3ccccc3-4)N(C)C(O)C2=C1c1cc2ccccc2c2ccccc12. The molecule has 1 N–H and O–H groups in total. The van der Waals surface area contributed by atoms with Gasteiger partial charge in [-0.15, -0.1) is 0 Å². The topological polar surface area (TPSA) is 43.8 Å². The Morgan fingerprint density at radius 3 is 2.15 bits per heavy atom. The molecule has 41 heavy (non-hydrogen) atoms. The van der Waals surface area contributed by atoms with E-state index in [-0.39, 0.29) is 11.3 Å². The minimum Gasteiger partial charge on any atom is -0.369 e. The number of carbonyl (C=O) groups excluding carboxylic acids is 1. The summed E-state index contributed by atoms with van der Waals surface area (Å²) in [5.74, 6) is -0.0892. The van der Waals surface area contributed by atoms with Gasteiger partial charge < -0.3 is 14.9 Å². The van der Waals surface area contributed by atoms with Crippen LogP contribution in [0.5, 0.6) is 0 Å². The maximum atomic E-state index is 14.1. The second kappa shape index (κ2) is 8.18. The number of aliphatic hydroxyl groups is 1. The minimum absolute atomic E-state index is 0.0892. The number of carbonyl (C=O) groups is 1. The van der Waals surface area contributed by atoms with Gasteiger partial charge in [-0.25, -0.2) is 0 Å². The smallest absolute Gasteiger partial charge is 0.260 e. The van der Waals surface area contributed by atoms with Gasteiger partial charge in [0.05, 0.1) is 17.0 Å². The van der Waals surface area contributed by atoms with Crippen molar-refractivity contribution in [3.05, 3.63) is 130 Å². The molecular formula is C37H30N2O2. The predicted octanol–water partition coefficient (Wildman–Crippen LogP) is 7.16. The molecule has 0 fully saturated rings. The van der Waals surface area contributed by atoms with Crippen molar-refractivity contribution >= 4 is 38.8 Å². The van der Waals surface area contributed by atoms with E-state index >= 15 is 0 Å². The molecule has 0 spiro atoms. The van der Waals surface area contributed by atoms with Crippen LogP contribution in [0.1, 0.15) is 36.1 Å². The largest absolute Gasteiger partial charge is 0.369 e. The lowest BCUT2D eigenvalue weighted by atomic mass is 9.81. The zero-order valence-corrected chi connectivity index (χ0v) is 23.6. The first kappa shape index (κ1) is 24.2. The lowest BCUT2D eigenvalue weighted by molar-refractivity contribution is -0.122. The predicted molar refractivity (Wildman–Crippen MR) is 166 cm³/mol. The molecule has 0 radical (unpaired) electrons. The molecule has 0 saturated heterocycles. The fraction of sp³-hybridized carbons (Fsp3) is 0.162. The number of fused-ring (bicyclic) bond motifs is 7. The summed E-state index contributed by atoms with van der Waals surface area (Å²) in [6.45, 7) is 4.52. The zero-order chi connectivity index (χ0) is 28.2. The van der Waals surface area contributed by atoms with Crippen molar-refractivity contribution in [3.63, 3.8) is 0 Å². The summed E-state index contributed by atoms with van der Waals surface area (Å²) in [7, 11) is 3.71. The van der Waals surface area contributed by atoms with Gasteiger partial charge in [0.1, 0.15) is 0 Å². The quantitative estimate of drug-likeness (QED) is 0.245. The van der Waals surface area contributed by atoms with Gasteiger partial charge >= 0.3 is 0 Å². The maximum Gasteiger partial charge on any atom is 0.260 e. The van der Waals surface area contributed by atoms with E-state index in [0.29, 0.717) is 11.1 Å². The summed E-state index contributed by atoms with van der Waals surface area (Å²) in [6.07, 6.45) is -0.937. The molecule has 1 unspecified atom stereocenters. The van der Waals surface area contributed by atoms with Crippen LogP contribution in [0.25, 0.3) is 44.1 Å². The van der Waals surface area contributed by atoms with E-state index in [1.807, 2.05) is 31.1 Å². The zero-order valence-electron chi connectivity index (χ0n) is 23.6. The van der Waals surface area contributed by atoms with E-state index < -0.39 is 6.23 Å². The van der Waals surface area contributed by atoms with Crippen molar-refractivity contribution in [2.75, 3.05) is 14.1 Å². The van der Waals surface area contributed by atoms with Gasteiger partial charge in [0.15, 0.2) is 6.23 Å². The second-order valence-corrected chi connectivity index (χ2v) is 12.0.